The Bertz CT molecular complexity index is 1100. The minimum Gasteiger partial charge on any atom is -0.244 e. The van der Waals surface area contributed by atoms with Gasteiger partial charge in [-0.3, -0.25) is 0 Å². The van der Waals surface area contributed by atoms with Gasteiger partial charge in [-0.2, -0.15) is 0 Å². The Kier molecular flexibility index (Phi) is 3.36. The molecular weight excluding hydrogens is 322 g/mol. The molecule has 5 aromatic rings. The van der Waals surface area contributed by atoms with Crippen LogP contribution in [0.15, 0.2) is 91.1 Å². The van der Waals surface area contributed by atoms with Crippen LogP contribution >= 0.6 is 11.3 Å². The van der Waals surface area contributed by atoms with Gasteiger partial charge in [0.15, 0.2) is 0 Å². The van der Waals surface area contributed by atoms with E-state index < -0.39 is 0 Å². The number of hydrogen-bond acceptors (Lipinski definition) is 2. The van der Waals surface area contributed by atoms with E-state index in [2.05, 4.69) is 84.9 Å². The Morgan fingerprint density at radius 3 is 1.84 bits per heavy atom. The maximum atomic E-state index is 4.74. The van der Waals surface area contributed by atoms with Gasteiger partial charge in [-0.1, -0.05) is 84.9 Å². The number of benzene rings is 4. The zero-order chi connectivity index (χ0) is 16.6. The lowest BCUT2D eigenvalue weighted by Crippen LogP contribution is -1.79. The van der Waals surface area contributed by atoms with Crippen molar-refractivity contribution in [2.75, 3.05) is 0 Å². The van der Waals surface area contributed by atoms with Gasteiger partial charge >= 0.3 is 0 Å². The summed E-state index contributed by atoms with van der Waals surface area (Å²) in [5.41, 5.74) is 2.46. The van der Waals surface area contributed by atoms with E-state index in [0.29, 0.717) is 0 Å². The summed E-state index contributed by atoms with van der Waals surface area (Å²) in [6.45, 7) is 0. The molecule has 0 amide bonds. The third-order valence-electron chi connectivity index (χ3n) is 4.58. The average molecular weight is 337 g/mol. The van der Waals surface area contributed by atoms with Gasteiger partial charge in [0.1, 0.15) is 5.01 Å². The molecule has 0 spiro atoms. The molecule has 0 saturated heterocycles. The van der Waals surface area contributed by atoms with E-state index >= 15 is 0 Å². The largest absolute Gasteiger partial charge is 0.244 e. The number of rotatable bonds is 2. The molecule has 0 N–H and O–H groups in total. The molecule has 0 saturated carbocycles. The van der Waals surface area contributed by atoms with Crippen LogP contribution < -0.4 is 0 Å². The second-order valence-corrected chi connectivity index (χ2v) is 7.11. The molecule has 1 aromatic heterocycles. The molecule has 0 radical (unpaired) electrons. The number of nitrogens with zero attached hydrogens (tertiary/aromatic N) is 1. The zero-order valence-corrected chi connectivity index (χ0v) is 14.3. The highest BCUT2D eigenvalue weighted by Gasteiger charge is 2.11. The van der Waals surface area contributed by atoms with Gasteiger partial charge in [-0.25, -0.2) is 4.98 Å². The first-order chi connectivity index (χ1) is 12.4. The van der Waals surface area contributed by atoms with Crippen LogP contribution in [-0.2, 0) is 0 Å². The molecule has 0 aliphatic rings. The van der Waals surface area contributed by atoms with Crippen molar-refractivity contribution in [3.05, 3.63) is 91.1 Å². The van der Waals surface area contributed by atoms with Crippen molar-refractivity contribution in [3.63, 3.8) is 0 Å². The minimum absolute atomic E-state index is 1.07. The van der Waals surface area contributed by atoms with E-state index in [1.165, 1.54) is 37.5 Å². The fourth-order valence-corrected chi connectivity index (χ4v) is 4.37. The molecule has 0 aliphatic carbocycles. The molecule has 5 rings (SSSR count). The van der Waals surface area contributed by atoms with Crippen molar-refractivity contribution in [3.8, 4) is 21.0 Å². The number of hydrogen-bond donors (Lipinski definition) is 0. The summed E-state index contributed by atoms with van der Waals surface area (Å²) in [4.78, 5) is 5.95. The molecule has 25 heavy (non-hydrogen) atoms. The molecule has 4 aromatic carbocycles. The topological polar surface area (TPSA) is 12.9 Å². The second kappa shape index (κ2) is 5.83. The fourth-order valence-electron chi connectivity index (χ4n) is 3.38. The van der Waals surface area contributed by atoms with Gasteiger partial charge in [0.05, 0.1) is 4.88 Å². The summed E-state index contributed by atoms with van der Waals surface area (Å²) in [6.07, 6.45) is 2.00. The zero-order valence-electron chi connectivity index (χ0n) is 13.5. The Morgan fingerprint density at radius 2 is 1.12 bits per heavy atom. The normalized spacial score (nSPS) is 11.2. The highest BCUT2D eigenvalue weighted by atomic mass is 32.1. The molecule has 118 valence electrons. The Hall–Kier alpha value is -2.97. The van der Waals surface area contributed by atoms with E-state index in [0.717, 1.165) is 5.01 Å². The fraction of sp³-hybridized carbons (Fsp3) is 0. The van der Waals surface area contributed by atoms with Crippen LogP contribution in [0.2, 0.25) is 0 Å². The Morgan fingerprint density at radius 1 is 0.560 bits per heavy atom. The van der Waals surface area contributed by atoms with Crippen LogP contribution in [0.1, 0.15) is 0 Å². The molecule has 0 fully saturated rings. The van der Waals surface area contributed by atoms with Gasteiger partial charge in [-0.05, 0) is 21.5 Å². The van der Waals surface area contributed by atoms with Crippen LogP contribution in [0.25, 0.3) is 42.6 Å². The van der Waals surface area contributed by atoms with E-state index in [9.17, 15) is 0 Å². The van der Waals surface area contributed by atoms with Crippen molar-refractivity contribution in [2.24, 2.45) is 0 Å². The van der Waals surface area contributed by atoms with Crippen LogP contribution in [0, 0.1) is 0 Å². The Balaban J connectivity index is 1.69. The standard InChI is InChI=1S/C23H15NS/c1-3-11-18-16(7-1)9-5-13-20(18)22-15-24-23(25-22)21-14-6-10-17-8-2-4-12-19(17)21/h1-15H. The van der Waals surface area contributed by atoms with Crippen molar-refractivity contribution in [1.29, 1.82) is 0 Å². The number of fused-ring (bicyclic) bond motifs is 2. The van der Waals surface area contributed by atoms with E-state index in [1.807, 2.05) is 6.20 Å². The maximum absolute atomic E-state index is 4.74. The van der Waals surface area contributed by atoms with Crippen LogP contribution in [0.4, 0.5) is 0 Å². The first-order valence-electron chi connectivity index (χ1n) is 8.32. The summed E-state index contributed by atoms with van der Waals surface area (Å²) in [5, 5.41) is 6.11. The SMILES string of the molecule is c1ccc2c(-c3cnc(-c4cccc5ccccc45)s3)cccc2c1. The molecule has 2 heteroatoms. The quantitative estimate of drug-likeness (QED) is 0.346. The predicted octanol–water partition coefficient (Wildman–Crippen LogP) is 6.78. The summed E-state index contributed by atoms with van der Waals surface area (Å²) < 4.78 is 0. The number of thiazole rings is 1. The van der Waals surface area contributed by atoms with Gasteiger partial charge in [-0.15, -0.1) is 11.3 Å². The molecule has 0 aliphatic heterocycles. The summed E-state index contributed by atoms with van der Waals surface area (Å²) in [5.74, 6) is 0. The lowest BCUT2D eigenvalue weighted by Gasteiger charge is -2.04. The summed E-state index contributed by atoms with van der Waals surface area (Å²) >= 11 is 1.76. The van der Waals surface area contributed by atoms with Gasteiger partial charge in [0, 0.05) is 17.3 Å². The molecule has 1 heterocycles. The molecule has 1 nitrogen and oxygen atoms in total. The maximum Gasteiger partial charge on any atom is 0.124 e. The van der Waals surface area contributed by atoms with Gasteiger partial charge in [0.25, 0.3) is 0 Å². The number of aromatic nitrogens is 1. The lowest BCUT2D eigenvalue weighted by molar-refractivity contribution is 1.42. The van der Waals surface area contributed by atoms with E-state index in [4.69, 9.17) is 4.98 Å². The van der Waals surface area contributed by atoms with Gasteiger partial charge < -0.3 is 0 Å². The monoisotopic (exact) mass is 337 g/mol. The first kappa shape index (κ1) is 14.4. The summed E-state index contributed by atoms with van der Waals surface area (Å²) in [6, 6.07) is 29.9. The second-order valence-electron chi connectivity index (χ2n) is 6.08. The molecular formula is C23H15NS. The van der Waals surface area contributed by atoms with Crippen molar-refractivity contribution in [1.82, 2.24) is 4.98 Å². The molecule has 0 unspecified atom stereocenters. The highest BCUT2D eigenvalue weighted by molar-refractivity contribution is 7.18. The summed E-state index contributed by atoms with van der Waals surface area (Å²) in [7, 11) is 0. The minimum atomic E-state index is 1.07. The van der Waals surface area contributed by atoms with E-state index in [1.54, 1.807) is 11.3 Å². The van der Waals surface area contributed by atoms with Crippen LogP contribution in [-0.4, -0.2) is 4.98 Å². The van der Waals surface area contributed by atoms with Crippen LogP contribution in [0.3, 0.4) is 0 Å². The first-order valence-corrected chi connectivity index (χ1v) is 9.14. The molecule has 0 bridgehead atoms. The van der Waals surface area contributed by atoms with Crippen molar-refractivity contribution < 1.29 is 0 Å². The third-order valence-corrected chi connectivity index (χ3v) is 5.64. The van der Waals surface area contributed by atoms with Gasteiger partial charge in [0.2, 0.25) is 0 Å². The van der Waals surface area contributed by atoms with Crippen molar-refractivity contribution in [2.45, 2.75) is 0 Å². The van der Waals surface area contributed by atoms with Crippen molar-refractivity contribution >= 4 is 32.9 Å². The predicted molar refractivity (Wildman–Crippen MR) is 108 cm³/mol. The van der Waals surface area contributed by atoms with E-state index in [-0.39, 0.29) is 0 Å². The van der Waals surface area contributed by atoms with Crippen LogP contribution in [0.5, 0.6) is 0 Å². The lowest BCUT2D eigenvalue weighted by atomic mass is 10.0. The third kappa shape index (κ3) is 2.43. The smallest absolute Gasteiger partial charge is 0.124 e. The molecule has 0 atom stereocenters. The Labute approximate surface area is 150 Å². The average Bonchev–Trinajstić information content (AvgIpc) is 3.17. The highest BCUT2D eigenvalue weighted by Crippen LogP contribution is 2.37.